The van der Waals surface area contributed by atoms with Gasteiger partial charge in [0.25, 0.3) is 0 Å². The number of esters is 7. The molecule has 28 rings (SSSR count). The second kappa shape index (κ2) is 35.3. The molecule has 15 heterocycles. The van der Waals surface area contributed by atoms with E-state index in [1.807, 2.05) is 0 Å². The Balaban J connectivity index is 0.0000000858. The standard InChI is InChI=1S/C20H30O6.C14H18O7.C14H20O6.C14H20O4.C10H14O3.C10H12O2.C9H12O2/c21-19(23-11-13-5-7-15-17(9-13)25-15)3-1-2-4-20(22)24-12-14-6-8-16-18(10-14)26-16;15-13(19-5-7-3-17-7)9-1-11-12(21-11)2-10(9)14(16)20-6-8-4-18-8;15-13(19-7-9-5-17-9)11-3-1-2-4-12(11)14(16)20-8-10-6-18-10;15-14(6-8-1-3-10-12(5-8)17-10)16-9-2-4-11-13(7-9)18-11;1-3-7-9(12-7)5(1)11-6-2-4-8-10(6)13-8;1-4-3-2-6-10(11-6)7(3)5(1)9-8(4)12-9;1-4-2-6(9-8(4)11-9)5(1)7-3-10-7/h13-18H,1-12H2;7-12H,1-6H2;9-12H,1-8H2;8-13H,1-7H2;5-10H,1-4H2;3-10H,1-2H2;4-9H,1-3H2. The molecule has 121 heavy (non-hydrogen) atoms. The summed E-state index contributed by atoms with van der Waals surface area (Å²) in [6, 6.07) is 0. The number of carbonyl (C=O) groups is 7. The first-order valence-corrected chi connectivity index (χ1v) is 47.6. The van der Waals surface area contributed by atoms with Gasteiger partial charge in [-0.1, -0.05) is 12.8 Å². The van der Waals surface area contributed by atoms with E-state index in [4.69, 9.17) is 109 Å². The lowest BCUT2D eigenvalue weighted by Gasteiger charge is -2.28. The van der Waals surface area contributed by atoms with Gasteiger partial charge in [-0.05, 0) is 220 Å². The molecule has 4 bridgehead atoms. The third-order valence-electron chi connectivity index (χ3n) is 32.2. The Hall–Kier alpha value is -4.35. The van der Waals surface area contributed by atoms with Crippen LogP contribution in [0.15, 0.2) is 0 Å². The minimum Gasteiger partial charge on any atom is -0.465 e. The fourth-order valence-electron chi connectivity index (χ4n) is 24.3. The zero-order valence-electron chi connectivity index (χ0n) is 69.7. The van der Waals surface area contributed by atoms with Crippen LogP contribution in [0, 0.1) is 82.9 Å². The number of epoxide rings is 15. The highest BCUT2D eigenvalue weighted by molar-refractivity contribution is 5.83. The van der Waals surface area contributed by atoms with Crippen molar-refractivity contribution in [1.82, 2.24) is 0 Å². The van der Waals surface area contributed by atoms with Crippen molar-refractivity contribution in [3.8, 4) is 0 Å². The molecule has 13 saturated carbocycles. The van der Waals surface area contributed by atoms with Crippen molar-refractivity contribution in [3.63, 3.8) is 0 Å². The summed E-state index contributed by atoms with van der Waals surface area (Å²) in [5.41, 5.74) is 0. The Morgan fingerprint density at radius 3 is 1.16 bits per heavy atom. The second-order valence-corrected chi connectivity index (χ2v) is 40.7. The molecule has 30 nitrogen and oxygen atoms in total. The molecule has 28 aliphatic rings. The summed E-state index contributed by atoms with van der Waals surface area (Å²) in [5, 5.41) is 0. The van der Waals surface area contributed by atoms with Gasteiger partial charge in [0.1, 0.15) is 69.2 Å². The van der Waals surface area contributed by atoms with Crippen molar-refractivity contribution in [2.75, 3.05) is 72.7 Å². The highest BCUT2D eigenvalue weighted by atomic mass is 16.7. The van der Waals surface area contributed by atoms with Crippen LogP contribution >= 0.6 is 0 Å². The highest BCUT2D eigenvalue weighted by Crippen LogP contribution is 2.70. The number of unbranched alkanes of at least 4 members (excludes halogenated alkanes) is 1. The molecule has 42 atom stereocenters. The van der Waals surface area contributed by atoms with Crippen LogP contribution in [0.4, 0.5) is 0 Å². The molecule has 0 N–H and O–H groups in total. The lowest BCUT2D eigenvalue weighted by Crippen LogP contribution is -2.38. The largest absolute Gasteiger partial charge is 0.465 e. The molecule has 0 aromatic rings. The molecule has 0 amide bonds. The van der Waals surface area contributed by atoms with Gasteiger partial charge in [0.2, 0.25) is 0 Å². The fraction of sp³-hybridized carbons (Fsp3) is 0.923. The minimum atomic E-state index is -0.472. The van der Waals surface area contributed by atoms with Crippen molar-refractivity contribution in [2.45, 2.75) is 370 Å². The topological polar surface area (TPSA) is 381 Å². The molecule has 15 saturated heterocycles. The quantitative estimate of drug-likeness (QED) is 0.0334. The Kier molecular flexibility index (Phi) is 24.0. The Morgan fingerprint density at radius 1 is 0.273 bits per heavy atom. The molecule has 42 unspecified atom stereocenters. The maximum atomic E-state index is 12.2. The lowest BCUT2D eigenvalue weighted by atomic mass is 9.79. The Bertz CT molecular complexity index is 3530. The lowest BCUT2D eigenvalue weighted by molar-refractivity contribution is -0.163. The maximum Gasteiger partial charge on any atom is 0.310 e. The molecule has 670 valence electrons. The van der Waals surface area contributed by atoms with Crippen LogP contribution in [0.3, 0.4) is 0 Å². The van der Waals surface area contributed by atoms with E-state index in [1.165, 1.54) is 51.4 Å². The smallest absolute Gasteiger partial charge is 0.310 e. The normalized spacial score (nSPS) is 49.4. The van der Waals surface area contributed by atoms with E-state index < -0.39 is 11.8 Å². The van der Waals surface area contributed by atoms with Crippen molar-refractivity contribution in [2.24, 2.45) is 82.9 Å². The molecule has 15 aliphatic heterocycles. The van der Waals surface area contributed by atoms with Gasteiger partial charge in [0.05, 0.1) is 198 Å². The van der Waals surface area contributed by atoms with Crippen LogP contribution in [0.1, 0.15) is 199 Å². The predicted molar refractivity (Wildman–Crippen MR) is 412 cm³/mol. The van der Waals surface area contributed by atoms with Gasteiger partial charge in [-0.3, -0.25) is 33.6 Å². The summed E-state index contributed by atoms with van der Waals surface area (Å²) in [6.45, 7) is 5.78. The molecule has 0 aromatic carbocycles. The predicted octanol–water partition coefficient (Wildman–Crippen LogP) is 7.39. The molecular weight excluding hydrogens is 1570 g/mol. The van der Waals surface area contributed by atoms with Crippen molar-refractivity contribution in [3.05, 3.63) is 0 Å². The monoisotopic (exact) mass is 1700 g/mol. The number of ether oxygens (including phenoxy) is 23. The third-order valence-corrected chi connectivity index (χ3v) is 32.2. The Morgan fingerprint density at radius 2 is 0.694 bits per heavy atom. The second-order valence-electron chi connectivity index (χ2n) is 40.7. The zero-order chi connectivity index (χ0) is 81.3. The van der Waals surface area contributed by atoms with E-state index in [-0.39, 0.29) is 110 Å². The van der Waals surface area contributed by atoms with Gasteiger partial charge in [-0.2, -0.15) is 0 Å². The van der Waals surface area contributed by atoms with E-state index in [1.54, 1.807) is 0 Å². The number of rotatable bonds is 27. The number of carbonyl (C=O) groups excluding carboxylic acids is 7. The van der Waals surface area contributed by atoms with E-state index in [2.05, 4.69) is 0 Å². The average molecular weight is 1700 g/mol. The fourth-order valence-corrected chi connectivity index (χ4v) is 24.3. The maximum absolute atomic E-state index is 12.2. The summed E-state index contributed by atoms with van der Waals surface area (Å²) in [7, 11) is 0. The summed E-state index contributed by atoms with van der Waals surface area (Å²) in [5.74, 6) is 4.58. The van der Waals surface area contributed by atoms with E-state index in [0.29, 0.717) is 257 Å². The zero-order valence-corrected chi connectivity index (χ0v) is 69.7. The van der Waals surface area contributed by atoms with Gasteiger partial charge >= 0.3 is 41.8 Å². The number of hydrogen-bond donors (Lipinski definition) is 0. The molecule has 30 heteroatoms. The summed E-state index contributed by atoms with van der Waals surface area (Å²) >= 11 is 0. The highest BCUT2D eigenvalue weighted by Gasteiger charge is 2.75. The van der Waals surface area contributed by atoms with Crippen molar-refractivity contribution < 1.29 is 143 Å². The molecule has 0 spiro atoms. The molecule has 0 aromatic heterocycles. The van der Waals surface area contributed by atoms with Gasteiger partial charge in [-0.25, -0.2) is 0 Å². The number of hydrogen-bond acceptors (Lipinski definition) is 30. The summed E-state index contributed by atoms with van der Waals surface area (Å²) in [6.07, 6.45) is 41.8. The van der Waals surface area contributed by atoms with Crippen LogP contribution in [-0.4, -0.2) is 285 Å². The van der Waals surface area contributed by atoms with Gasteiger partial charge in [0, 0.05) is 25.7 Å². The molecule has 28 fully saturated rings. The van der Waals surface area contributed by atoms with Crippen LogP contribution < -0.4 is 0 Å². The van der Waals surface area contributed by atoms with Crippen LogP contribution in [0.5, 0.6) is 0 Å². The SMILES string of the molecule is C1C2OC2C2C1C1CC2C2OC12.C1CC2OC2C1OC1CCC2OC12.C1OC1C1CC2CC1C1OC21.O=C(CC1CCC2OC2C1)OC1CCC2OC2C1.O=C(CCCCC(=O)OCC1CCC2OC2C1)OCC1CCC2OC2C1.O=C(OCC1CO1)C1CC2OC2CC1C(=O)OCC1CO1.O=C(OCC1CO1)C1CCCCC1C(=O)OCC1CO1. The average Bonchev–Trinajstić information content (AvgIpc) is 1.50. The van der Waals surface area contributed by atoms with E-state index in [0.717, 1.165) is 138 Å². The molecular formula is C91H126O30. The van der Waals surface area contributed by atoms with Gasteiger partial charge < -0.3 is 109 Å². The third kappa shape index (κ3) is 20.7. The molecule has 13 aliphatic carbocycles. The molecule has 0 radical (unpaired) electrons. The number of fused-ring (bicyclic) bond motifs is 22. The first-order chi connectivity index (χ1) is 59.2. The van der Waals surface area contributed by atoms with Gasteiger partial charge in [0.15, 0.2) is 0 Å². The van der Waals surface area contributed by atoms with Crippen LogP contribution in [0.2, 0.25) is 0 Å². The van der Waals surface area contributed by atoms with E-state index >= 15 is 0 Å². The van der Waals surface area contributed by atoms with Crippen molar-refractivity contribution in [1.29, 1.82) is 0 Å². The minimum absolute atomic E-state index is 0.0109. The summed E-state index contributed by atoms with van der Waals surface area (Å²) in [4.78, 5) is 84.1. The van der Waals surface area contributed by atoms with Gasteiger partial charge in [-0.15, -0.1) is 0 Å². The first kappa shape index (κ1) is 82.3. The Labute approximate surface area is 706 Å². The van der Waals surface area contributed by atoms with E-state index in [9.17, 15) is 33.6 Å². The van der Waals surface area contributed by atoms with Crippen LogP contribution in [-0.2, 0) is 143 Å². The summed E-state index contributed by atoms with van der Waals surface area (Å²) < 4.78 is 124. The van der Waals surface area contributed by atoms with Crippen LogP contribution in [0.25, 0.3) is 0 Å². The first-order valence-electron chi connectivity index (χ1n) is 47.6. The van der Waals surface area contributed by atoms with Crippen molar-refractivity contribution >= 4 is 41.8 Å².